The summed E-state index contributed by atoms with van der Waals surface area (Å²) in [6.45, 7) is 10.8. The molecule has 0 saturated heterocycles. The van der Waals surface area contributed by atoms with Gasteiger partial charge in [-0.15, -0.1) is 16.8 Å². The first-order chi connectivity index (χ1) is 14.0. The molecule has 7 heteroatoms. The molecular weight excluding hydrogens is 384 g/mol. The third-order valence-electron chi connectivity index (χ3n) is 4.73. The highest BCUT2D eigenvalue weighted by atomic mass is 32.2. The maximum absolute atomic E-state index is 12.6. The molecular formula is C22H26N4O2S. The Balaban J connectivity index is 1.66. The third-order valence-corrected chi connectivity index (χ3v) is 5.81. The van der Waals surface area contributed by atoms with Gasteiger partial charge in [0.25, 0.3) is 0 Å². The summed E-state index contributed by atoms with van der Waals surface area (Å²) in [6.07, 6.45) is 3.42. The van der Waals surface area contributed by atoms with Crippen LogP contribution in [0.3, 0.4) is 0 Å². The van der Waals surface area contributed by atoms with E-state index in [-0.39, 0.29) is 17.1 Å². The van der Waals surface area contributed by atoms with Gasteiger partial charge in [0.15, 0.2) is 11.0 Å². The summed E-state index contributed by atoms with van der Waals surface area (Å²) in [5.74, 6) is 1.72. The molecule has 0 aliphatic heterocycles. The normalized spacial score (nSPS) is 13.1. The molecule has 2 aromatic heterocycles. The van der Waals surface area contributed by atoms with Gasteiger partial charge in [-0.3, -0.25) is 9.36 Å². The van der Waals surface area contributed by atoms with Gasteiger partial charge in [0.2, 0.25) is 5.91 Å². The summed E-state index contributed by atoms with van der Waals surface area (Å²) in [5, 5.41) is 12.0. The maximum Gasteiger partial charge on any atom is 0.233 e. The number of thioether (sulfide) groups is 1. The highest BCUT2D eigenvalue weighted by Gasteiger charge is 2.22. The van der Waals surface area contributed by atoms with Crippen LogP contribution in [0.1, 0.15) is 31.1 Å². The van der Waals surface area contributed by atoms with E-state index in [1.165, 1.54) is 17.3 Å². The number of rotatable bonds is 9. The second kappa shape index (κ2) is 9.60. The molecule has 0 aliphatic rings. The second-order valence-electron chi connectivity index (χ2n) is 6.91. The first-order valence-electron chi connectivity index (χ1n) is 9.59. The van der Waals surface area contributed by atoms with Crippen LogP contribution in [0.5, 0.6) is 0 Å². The lowest BCUT2D eigenvalue weighted by atomic mass is 10.0. The van der Waals surface area contributed by atoms with E-state index in [0.717, 1.165) is 11.3 Å². The Morgan fingerprint density at radius 3 is 2.69 bits per heavy atom. The lowest BCUT2D eigenvalue weighted by Gasteiger charge is -2.16. The molecule has 152 valence electrons. The molecule has 0 fully saturated rings. The standard InChI is InChI=1S/C22H26N4O2S/c1-5-12-26-20(19-11-13-28-16(19)3)24-25-22(26)29-17(4)21(27)23-14-15(2)18-9-7-6-8-10-18/h5-11,13,15,17H,1,12,14H2,2-4H3,(H,23,27). The Bertz CT molecular complexity index is 964. The van der Waals surface area contributed by atoms with Crippen LogP contribution in [0.25, 0.3) is 11.4 Å². The number of amides is 1. The minimum atomic E-state index is -0.302. The number of carbonyl (C=O) groups excluding carboxylic acids is 1. The first-order valence-corrected chi connectivity index (χ1v) is 10.5. The van der Waals surface area contributed by atoms with Crippen LogP contribution < -0.4 is 5.32 Å². The summed E-state index contributed by atoms with van der Waals surface area (Å²) in [7, 11) is 0. The van der Waals surface area contributed by atoms with Gasteiger partial charge < -0.3 is 9.73 Å². The first kappa shape index (κ1) is 20.9. The molecule has 3 aromatic rings. The zero-order valence-corrected chi connectivity index (χ0v) is 17.8. The van der Waals surface area contributed by atoms with Crippen LogP contribution in [-0.2, 0) is 11.3 Å². The van der Waals surface area contributed by atoms with Crippen LogP contribution in [0, 0.1) is 6.92 Å². The van der Waals surface area contributed by atoms with E-state index >= 15 is 0 Å². The number of benzene rings is 1. The van der Waals surface area contributed by atoms with Crippen molar-refractivity contribution in [2.24, 2.45) is 0 Å². The molecule has 0 aliphatic carbocycles. The van der Waals surface area contributed by atoms with Crippen molar-refractivity contribution >= 4 is 17.7 Å². The Kier molecular flexibility index (Phi) is 6.93. The third kappa shape index (κ3) is 4.98. The van der Waals surface area contributed by atoms with E-state index in [4.69, 9.17) is 4.42 Å². The molecule has 29 heavy (non-hydrogen) atoms. The highest BCUT2D eigenvalue weighted by molar-refractivity contribution is 8.00. The zero-order chi connectivity index (χ0) is 20.8. The predicted molar refractivity (Wildman–Crippen MR) is 116 cm³/mol. The SMILES string of the molecule is C=CCn1c(SC(C)C(=O)NCC(C)c2ccccc2)nnc1-c1ccoc1C. The van der Waals surface area contributed by atoms with Gasteiger partial charge in [0.05, 0.1) is 17.1 Å². The minimum absolute atomic E-state index is 0.0213. The lowest BCUT2D eigenvalue weighted by molar-refractivity contribution is -0.120. The fourth-order valence-electron chi connectivity index (χ4n) is 2.99. The van der Waals surface area contributed by atoms with Gasteiger partial charge in [-0.2, -0.15) is 0 Å². The van der Waals surface area contributed by atoms with Gasteiger partial charge in [-0.05, 0) is 31.4 Å². The van der Waals surface area contributed by atoms with Crippen molar-refractivity contribution in [2.75, 3.05) is 6.54 Å². The van der Waals surface area contributed by atoms with E-state index in [0.29, 0.717) is 24.1 Å². The molecule has 6 nitrogen and oxygen atoms in total. The minimum Gasteiger partial charge on any atom is -0.469 e. The predicted octanol–water partition coefficient (Wildman–Crippen LogP) is 4.43. The molecule has 1 aromatic carbocycles. The molecule has 2 unspecified atom stereocenters. The van der Waals surface area contributed by atoms with Crippen molar-refractivity contribution in [3.63, 3.8) is 0 Å². The molecule has 0 radical (unpaired) electrons. The van der Waals surface area contributed by atoms with Gasteiger partial charge in [-0.1, -0.05) is 55.1 Å². The number of aryl methyl sites for hydroxylation is 1. The average Bonchev–Trinajstić information content (AvgIpc) is 3.32. The van der Waals surface area contributed by atoms with E-state index in [9.17, 15) is 4.79 Å². The van der Waals surface area contributed by atoms with Gasteiger partial charge in [0, 0.05) is 13.1 Å². The van der Waals surface area contributed by atoms with Gasteiger partial charge >= 0.3 is 0 Å². The summed E-state index contributed by atoms with van der Waals surface area (Å²) in [4.78, 5) is 12.6. The molecule has 1 amide bonds. The maximum atomic E-state index is 12.6. The number of carbonyl (C=O) groups is 1. The number of furan rings is 1. The second-order valence-corrected chi connectivity index (χ2v) is 8.22. The number of aromatic nitrogens is 3. The smallest absolute Gasteiger partial charge is 0.233 e. The number of hydrogen-bond acceptors (Lipinski definition) is 5. The van der Waals surface area contributed by atoms with Crippen molar-refractivity contribution < 1.29 is 9.21 Å². The van der Waals surface area contributed by atoms with Crippen LogP contribution >= 0.6 is 11.8 Å². The molecule has 0 saturated carbocycles. The van der Waals surface area contributed by atoms with Gasteiger partial charge in [0.1, 0.15) is 5.76 Å². The fraction of sp³-hybridized carbons (Fsp3) is 0.318. The van der Waals surface area contributed by atoms with Crippen molar-refractivity contribution in [3.05, 3.63) is 66.6 Å². The Morgan fingerprint density at radius 2 is 2.03 bits per heavy atom. The monoisotopic (exact) mass is 410 g/mol. The summed E-state index contributed by atoms with van der Waals surface area (Å²) in [5.41, 5.74) is 2.10. The van der Waals surface area contributed by atoms with Crippen LogP contribution in [0.4, 0.5) is 0 Å². The topological polar surface area (TPSA) is 73.0 Å². The molecule has 3 rings (SSSR count). The van der Waals surface area contributed by atoms with E-state index in [1.54, 1.807) is 12.3 Å². The Morgan fingerprint density at radius 1 is 1.28 bits per heavy atom. The lowest BCUT2D eigenvalue weighted by Crippen LogP contribution is -2.33. The van der Waals surface area contributed by atoms with Crippen LogP contribution in [0.2, 0.25) is 0 Å². The van der Waals surface area contributed by atoms with E-state index in [1.807, 2.05) is 42.7 Å². The van der Waals surface area contributed by atoms with Crippen molar-refractivity contribution in [1.29, 1.82) is 0 Å². The van der Waals surface area contributed by atoms with Gasteiger partial charge in [-0.25, -0.2) is 0 Å². The molecule has 0 spiro atoms. The number of nitrogens with zero attached hydrogens (tertiary/aromatic N) is 3. The van der Waals surface area contributed by atoms with E-state index in [2.05, 4.69) is 41.1 Å². The fourth-order valence-corrected chi connectivity index (χ4v) is 3.88. The zero-order valence-electron chi connectivity index (χ0n) is 17.0. The van der Waals surface area contributed by atoms with Crippen molar-refractivity contribution in [1.82, 2.24) is 20.1 Å². The Hall–Kier alpha value is -2.80. The van der Waals surface area contributed by atoms with Crippen LogP contribution in [-0.4, -0.2) is 32.5 Å². The Labute approximate surface area is 175 Å². The number of nitrogens with one attached hydrogen (secondary N) is 1. The molecule has 2 atom stereocenters. The summed E-state index contributed by atoms with van der Waals surface area (Å²) >= 11 is 1.39. The number of hydrogen-bond donors (Lipinski definition) is 1. The molecule has 1 N–H and O–H groups in total. The van der Waals surface area contributed by atoms with Crippen LogP contribution in [0.15, 0.2) is 64.9 Å². The number of allylic oxidation sites excluding steroid dienone is 1. The summed E-state index contributed by atoms with van der Waals surface area (Å²) in [6, 6.07) is 12.0. The van der Waals surface area contributed by atoms with E-state index < -0.39 is 0 Å². The molecule has 0 bridgehead atoms. The van der Waals surface area contributed by atoms with Crippen molar-refractivity contribution in [3.8, 4) is 11.4 Å². The quantitative estimate of drug-likeness (QED) is 0.417. The molecule has 2 heterocycles. The summed E-state index contributed by atoms with van der Waals surface area (Å²) < 4.78 is 7.34. The average molecular weight is 411 g/mol. The largest absolute Gasteiger partial charge is 0.469 e. The van der Waals surface area contributed by atoms with Crippen molar-refractivity contribution in [2.45, 2.75) is 43.6 Å². The highest BCUT2D eigenvalue weighted by Crippen LogP contribution is 2.29.